The van der Waals surface area contributed by atoms with Crippen molar-refractivity contribution < 1.29 is 37.9 Å². The molecule has 0 saturated heterocycles. The molecular formula is C14H8HgN2O6. The first-order valence-electron chi connectivity index (χ1n) is 5.77. The van der Waals surface area contributed by atoms with Crippen LogP contribution in [-0.4, -0.2) is 0 Å². The molecule has 9 heteroatoms. The minimum Gasteiger partial charge on any atom is -0.870 e. The first-order chi connectivity index (χ1) is 10.5. The molecule has 2 aromatic carbocycles. The minimum atomic E-state index is -0.639. The van der Waals surface area contributed by atoms with E-state index in [2.05, 4.69) is 10.4 Å². The van der Waals surface area contributed by atoms with Gasteiger partial charge in [-0.1, -0.05) is 23.6 Å². The van der Waals surface area contributed by atoms with Gasteiger partial charge in [0.15, 0.2) is 10.9 Å². The first kappa shape index (κ1) is 20.5. The standard InChI is InChI=1S/2C7H5NO3.Hg/c2*9-6-3-1-5(8-11)2-4-7(6)10;/h2*1-4H,(H,9,10);/q;;+2/p-2. The molecule has 0 amide bonds. The predicted octanol–water partition coefficient (Wildman–Crippen LogP) is 1.03. The fourth-order valence-electron chi connectivity index (χ4n) is 1.21. The molecule has 0 aromatic heterocycles. The molecule has 23 heavy (non-hydrogen) atoms. The summed E-state index contributed by atoms with van der Waals surface area (Å²) < 4.78 is 0. The zero-order chi connectivity index (χ0) is 16.5. The maximum absolute atomic E-state index is 10.6. The zero-order valence-corrected chi connectivity index (χ0v) is 17.2. The van der Waals surface area contributed by atoms with Gasteiger partial charge in [-0.05, 0) is 46.8 Å². The van der Waals surface area contributed by atoms with Gasteiger partial charge in [0, 0.05) is 0 Å². The predicted molar refractivity (Wildman–Crippen MR) is 75.2 cm³/mol. The maximum atomic E-state index is 10.6. The van der Waals surface area contributed by atoms with E-state index >= 15 is 0 Å². The molecular weight excluding hydrogens is 493 g/mol. The van der Waals surface area contributed by atoms with Crippen molar-refractivity contribution in [2.75, 3.05) is 0 Å². The molecule has 0 aliphatic heterocycles. The maximum Gasteiger partial charge on any atom is 2.00 e. The van der Waals surface area contributed by atoms with Crippen molar-refractivity contribution in [2.45, 2.75) is 0 Å². The smallest absolute Gasteiger partial charge is 0.870 e. The molecule has 2 rings (SSSR count). The SMILES string of the molecule is O=Nc1ccc([O-])c(=O)cc1.O=Nc1ccc([O-])c(=O)cc1.[Hg+2]. The first-order valence-corrected chi connectivity index (χ1v) is 5.77. The van der Waals surface area contributed by atoms with Crippen LogP contribution in [0.5, 0.6) is 11.5 Å². The van der Waals surface area contributed by atoms with Gasteiger partial charge >= 0.3 is 27.7 Å². The van der Waals surface area contributed by atoms with Crippen LogP contribution in [0.2, 0.25) is 0 Å². The van der Waals surface area contributed by atoms with Gasteiger partial charge in [-0.25, -0.2) is 0 Å². The Morgan fingerprint density at radius 3 is 1.22 bits per heavy atom. The molecule has 0 heterocycles. The third kappa shape index (κ3) is 6.87. The monoisotopic (exact) mass is 502 g/mol. The van der Waals surface area contributed by atoms with E-state index in [1.54, 1.807) is 0 Å². The second kappa shape index (κ2) is 10.3. The average Bonchev–Trinajstić information content (AvgIpc) is 2.79. The van der Waals surface area contributed by atoms with Crippen LogP contribution < -0.4 is 21.1 Å². The molecule has 8 nitrogen and oxygen atoms in total. The van der Waals surface area contributed by atoms with Crippen LogP contribution >= 0.6 is 0 Å². The largest absolute Gasteiger partial charge is 2.00 e. The molecule has 0 aliphatic rings. The third-order valence-corrected chi connectivity index (χ3v) is 2.32. The van der Waals surface area contributed by atoms with Gasteiger partial charge in [0.05, 0.1) is 0 Å². The van der Waals surface area contributed by atoms with E-state index in [-0.39, 0.29) is 39.0 Å². The molecule has 0 aliphatic carbocycles. The van der Waals surface area contributed by atoms with E-state index in [1.165, 1.54) is 24.3 Å². The van der Waals surface area contributed by atoms with Crippen molar-refractivity contribution in [3.63, 3.8) is 0 Å². The van der Waals surface area contributed by atoms with Crippen molar-refractivity contribution in [3.05, 3.63) is 78.8 Å². The van der Waals surface area contributed by atoms with Crippen molar-refractivity contribution >= 4 is 11.4 Å². The summed E-state index contributed by atoms with van der Waals surface area (Å²) in [4.78, 5) is 41.1. The topological polar surface area (TPSA) is 139 Å². The number of nitroso groups, excluding NO2 is 2. The normalized spacial score (nSPS) is 8.70. The summed E-state index contributed by atoms with van der Waals surface area (Å²) in [5.41, 5.74) is -1.13. The number of hydrogen-bond donors (Lipinski definition) is 0. The van der Waals surface area contributed by atoms with E-state index in [0.717, 1.165) is 24.3 Å². The molecule has 2 aromatic rings. The Hall–Kier alpha value is -2.48. The molecule has 0 spiro atoms. The van der Waals surface area contributed by atoms with Crippen LogP contribution in [0.3, 0.4) is 0 Å². The summed E-state index contributed by atoms with van der Waals surface area (Å²) in [5, 5.41) is 26.4. The van der Waals surface area contributed by atoms with Crippen molar-refractivity contribution in [2.24, 2.45) is 10.4 Å². The van der Waals surface area contributed by atoms with Gasteiger partial charge in [0.1, 0.15) is 11.4 Å². The van der Waals surface area contributed by atoms with Gasteiger partial charge in [0.2, 0.25) is 0 Å². The van der Waals surface area contributed by atoms with Gasteiger partial charge in [-0.3, -0.25) is 9.59 Å². The van der Waals surface area contributed by atoms with Crippen LogP contribution in [0.25, 0.3) is 0 Å². The molecule has 0 unspecified atom stereocenters. The Morgan fingerprint density at radius 2 is 0.913 bits per heavy atom. The third-order valence-electron chi connectivity index (χ3n) is 2.32. The number of rotatable bonds is 2. The molecule has 0 fully saturated rings. The Kier molecular flexibility index (Phi) is 9.17. The van der Waals surface area contributed by atoms with Crippen LogP contribution in [0, 0.1) is 9.81 Å². The van der Waals surface area contributed by atoms with Gasteiger partial charge in [0.25, 0.3) is 0 Å². The van der Waals surface area contributed by atoms with Crippen LogP contribution in [0.15, 0.2) is 68.5 Å². The Balaban J connectivity index is 0.000000403. The summed E-state index contributed by atoms with van der Waals surface area (Å²) >= 11 is 0. The Bertz CT molecular complexity index is 744. The van der Waals surface area contributed by atoms with Crippen LogP contribution in [-0.2, 0) is 27.7 Å². The summed E-state index contributed by atoms with van der Waals surface area (Å²) in [6, 6.07) is 8.93. The Morgan fingerprint density at radius 1 is 0.609 bits per heavy atom. The quantitative estimate of drug-likeness (QED) is 0.446. The van der Waals surface area contributed by atoms with Crippen molar-refractivity contribution in [1.29, 1.82) is 0 Å². The fraction of sp³-hybridized carbons (Fsp3) is 0. The van der Waals surface area contributed by atoms with Gasteiger partial charge in [-0.15, -0.1) is 9.81 Å². The number of nitrogens with zero attached hydrogens (tertiary/aromatic N) is 2. The molecule has 0 atom stereocenters. The molecule has 112 valence electrons. The molecule has 0 bridgehead atoms. The van der Waals surface area contributed by atoms with E-state index in [0.29, 0.717) is 0 Å². The Labute approximate surface area is 149 Å². The summed E-state index contributed by atoms with van der Waals surface area (Å²) in [7, 11) is 0. The van der Waals surface area contributed by atoms with E-state index in [1.807, 2.05) is 0 Å². The van der Waals surface area contributed by atoms with Crippen LogP contribution in [0.4, 0.5) is 11.4 Å². The average molecular weight is 501 g/mol. The van der Waals surface area contributed by atoms with Gasteiger partial charge in [-0.2, -0.15) is 0 Å². The van der Waals surface area contributed by atoms with E-state index in [4.69, 9.17) is 0 Å². The van der Waals surface area contributed by atoms with E-state index in [9.17, 15) is 29.6 Å². The molecule has 0 saturated carbocycles. The number of hydrogen-bond acceptors (Lipinski definition) is 8. The molecule has 0 radical (unpaired) electrons. The van der Waals surface area contributed by atoms with Crippen molar-refractivity contribution in [3.8, 4) is 11.5 Å². The molecule has 0 N–H and O–H groups in total. The minimum absolute atomic E-state index is 0. The van der Waals surface area contributed by atoms with Crippen molar-refractivity contribution in [1.82, 2.24) is 0 Å². The summed E-state index contributed by atoms with van der Waals surface area (Å²) in [6.45, 7) is 0. The van der Waals surface area contributed by atoms with Gasteiger partial charge < -0.3 is 10.2 Å². The second-order valence-electron chi connectivity index (χ2n) is 3.82. The second-order valence-corrected chi connectivity index (χ2v) is 3.82. The fourth-order valence-corrected chi connectivity index (χ4v) is 1.21. The summed E-state index contributed by atoms with van der Waals surface area (Å²) in [5.74, 6) is -1.28. The summed E-state index contributed by atoms with van der Waals surface area (Å²) in [6.07, 6.45) is 0. The van der Waals surface area contributed by atoms with E-state index < -0.39 is 22.4 Å². The zero-order valence-electron chi connectivity index (χ0n) is 11.7. The van der Waals surface area contributed by atoms with Crippen LogP contribution in [0.1, 0.15) is 0 Å².